The molecule has 0 aliphatic carbocycles. The molecular formula is C4H2F7NO3S. The van der Waals surface area contributed by atoms with Crippen molar-refractivity contribution in [2.24, 2.45) is 0 Å². The minimum absolute atomic E-state index is 0.204. The van der Waals surface area contributed by atoms with Gasteiger partial charge >= 0.3 is 33.8 Å². The summed E-state index contributed by atoms with van der Waals surface area (Å²) in [6.45, 7) is 0. The Labute approximate surface area is 83.5 Å². The van der Waals surface area contributed by atoms with Crippen molar-refractivity contribution in [2.75, 3.05) is 0 Å². The molecule has 0 aromatic carbocycles. The van der Waals surface area contributed by atoms with Gasteiger partial charge in [0.2, 0.25) is 0 Å². The summed E-state index contributed by atoms with van der Waals surface area (Å²) in [5, 5.41) is 0. The number of alkyl halides is 7. The maximum atomic E-state index is 12.1. The van der Waals surface area contributed by atoms with E-state index in [0.29, 0.717) is 0 Å². The number of amides is 1. The summed E-state index contributed by atoms with van der Waals surface area (Å²) in [5.74, 6) is -8.78. The van der Waals surface area contributed by atoms with Crippen LogP contribution in [0.1, 0.15) is 0 Å². The van der Waals surface area contributed by atoms with E-state index in [2.05, 4.69) is 0 Å². The molecule has 96 valence electrons. The lowest BCUT2D eigenvalue weighted by Crippen LogP contribution is -2.50. The van der Waals surface area contributed by atoms with Crippen molar-refractivity contribution in [1.29, 1.82) is 0 Å². The predicted molar refractivity (Wildman–Crippen MR) is 34.1 cm³/mol. The molecule has 1 amide bonds. The van der Waals surface area contributed by atoms with Crippen molar-refractivity contribution < 1.29 is 43.9 Å². The number of nitrogens with one attached hydrogen (secondary N) is 1. The predicted octanol–water partition coefficient (Wildman–Crippen LogP) is 0.853. The lowest BCUT2D eigenvalue weighted by Gasteiger charge is -2.15. The third-order valence-electron chi connectivity index (χ3n) is 1.11. The number of carbonyl (C=O) groups excluding carboxylic acids is 1. The van der Waals surface area contributed by atoms with Crippen molar-refractivity contribution in [3.05, 3.63) is 0 Å². The number of hydrogen-bond acceptors (Lipinski definition) is 3. The van der Waals surface area contributed by atoms with Gasteiger partial charge in [-0.1, -0.05) is 0 Å². The van der Waals surface area contributed by atoms with Gasteiger partial charge in [-0.3, -0.25) is 4.79 Å². The van der Waals surface area contributed by atoms with E-state index in [1.807, 2.05) is 0 Å². The van der Waals surface area contributed by atoms with Crippen LogP contribution < -0.4 is 4.72 Å². The summed E-state index contributed by atoms with van der Waals surface area (Å²) >= 11 is 0. The molecule has 1 N–H and O–H groups in total. The summed E-state index contributed by atoms with van der Waals surface area (Å²) in [4.78, 5) is 10.1. The molecule has 0 heterocycles. The quantitative estimate of drug-likeness (QED) is 0.778. The van der Waals surface area contributed by atoms with Gasteiger partial charge in [0, 0.05) is 0 Å². The van der Waals surface area contributed by atoms with E-state index in [9.17, 15) is 43.9 Å². The first-order valence-corrected chi connectivity index (χ1v) is 4.60. The monoisotopic (exact) mass is 277 g/mol. The van der Waals surface area contributed by atoms with Crippen molar-refractivity contribution in [3.63, 3.8) is 0 Å². The highest BCUT2D eigenvalue weighted by Gasteiger charge is 2.54. The highest BCUT2D eigenvalue weighted by atomic mass is 32.2. The van der Waals surface area contributed by atoms with Gasteiger partial charge < -0.3 is 0 Å². The summed E-state index contributed by atoms with van der Waals surface area (Å²) in [6, 6.07) is 0. The van der Waals surface area contributed by atoms with E-state index in [1.165, 1.54) is 0 Å². The SMILES string of the molecule is O=C(NS(=O)(=O)C(F)(F)F)C(F)(F)C(F)F. The van der Waals surface area contributed by atoms with Crippen LogP contribution in [-0.4, -0.2) is 32.2 Å². The molecule has 0 saturated heterocycles. The molecule has 0 unspecified atom stereocenters. The second kappa shape index (κ2) is 4.07. The molecule has 0 aliphatic heterocycles. The van der Waals surface area contributed by atoms with Gasteiger partial charge in [0.05, 0.1) is 0 Å². The van der Waals surface area contributed by atoms with E-state index >= 15 is 0 Å². The fourth-order valence-corrected chi connectivity index (χ4v) is 0.843. The van der Waals surface area contributed by atoms with Gasteiger partial charge in [0.1, 0.15) is 0 Å². The molecule has 0 aliphatic rings. The van der Waals surface area contributed by atoms with Crippen molar-refractivity contribution in [1.82, 2.24) is 4.72 Å². The third-order valence-corrected chi connectivity index (χ3v) is 2.17. The van der Waals surface area contributed by atoms with Crippen molar-refractivity contribution in [2.45, 2.75) is 17.9 Å². The maximum Gasteiger partial charge on any atom is 0.516 e. The zero-order valence-corrected chi connectivity index (χ0v) is 7.67. The van der Waals surface area contributed by atoms with Crippen LogP contribution in [0.5, 0.6) is 0 Å². The molecule has 0 fully saturated rings. The zero-order valence-electron chi connectivity index (χ0n) is 6.86. The van der Waals surface area contributed by atoms with Gasteiger partial charge in [-0.2, -0.15) is 30.4 Å². The molecule has 0 spiro atoms. The van der Waals surface area contributed by atoms with Gasteiger partial charge in [-0.15, -0.1) is 0 Å². The van der Waals surface area contributed by atoms with Crippen LogP contribution in [0.15, 0.2) is 0 Å². The molecule has 12 heteroatoms. The third kappa shape index (κ3) is 2.96. The number of rotatable bonds is 3. The van der Waals surface area contributed by atoms with Crippen LogP contribution >= 0.6 is 0 Å². The second-order valence-electron chi connectivity index (χ2n) is 2.30. The molecule has 0 aromatic heterocycles. The molecule has 0 atom stereocenters. The van der Waals surface area contributed by atoms with Crippen LogP contribution in [0, 0.1) is 0 Å². The fraction of sp³-hybridized carbons (Fsp3) is 0.750. The molecule has 4 nitrogen and oxygen atoms in total. The van der Waals surface area contributed by atoms with E-state index in [1.54, 1.807) is 0 Å². The summed E-state index contributed by atoms with van der Waals surface area (Å²) < 4.78 is 102. The molecule has 0 rings (SSSR count). The Morgan fingerprint density at radius 1 is 1.06 bits per heavy atom. The molecule has 16 heavy (non-hydrogen) atoms. The van der Waals surface area contributed by atoms with Crippen LogP contribution in [0.2, 0.25) is 0 Å². The molecule has 0 aromatic rings. The Morgan fingerprint density at radius 2 is 1.44 bits per heavy atom. The van der Waals surface area contributed by atoms with E-state index < -0.39 is 33.8 Å². The average Bonchev–Trinajstić information content (AvgIpc) is 2.00. The first kappa shape index (κ1) is 14.9. The Hall–Kier alpha value is -1.07. The highest BCUT2D eigenvalue weighted by Crippen LogP contribution is 2.26. The Morgan fingerprint density at radius 3 is 1.69 bits per heavy atom. The Bertz CT molecular complexity index is 372. The van der Waals surface area contributed by atoms with Gasteiger partial charge in [-0.25, -0.2) is 13.5 Å². The van der Waals surface area contributed by atoms with Crippen LogP contribution in [0.3, 0.4) is 0 Å². The zero-order chi connectivity index (χ0) is 13.4. The molecular weight excluding hydrogens is 275 g/mol. The summed E-state index contributed by atoms with van der Waals surface area (Å²) in [7, 11) is -6.43. The normalized spacial score (nSPS) is 14.0. The lowest BCUT2D eigenvalue weighted by molar-refractivity contribution is -0.167. The second-order valence-corrected chi connectivity index (χ2v) is 3.98. The van der Waals surface area contributed by atoms with Gasteiger partial charge in [0.15, 0.2) is 0 Å². The Balaban J connectivity index is 4.99. The lowest BCUT2D eigenvalue weighted by atomic mass is 10.3. The highest BCUT2D eigenvalue weighted by molar-refractivity contribution is 7.90. The first-order valence-electron chi connectivity index (χ1n) is 3.12. The number of sulfonamides is 1. The van der Waals surface area contributed by atoms with E-state index in [4.69, 9.17) is 0 Å². The van der Waals surface area contributed by atoms with E-state index in [-0.39, 0.29) is 4.72 Å². The summed E-state index contributed by atoms with van der Waals surface area (Å²) in [6.07, 6.45) is -4.63. The number of carbonyl (C=O) groups is 1. The largest absolute Gasteiger partial charge is 0.516 e. The molecule has 0 radical (unpaired) electrons. The smallest absolute Gasteiger partial charge is 0.267 e. The standard InChI is InChI=1S/C4H2F7NO3S/c5-1(6)3(7,8)2(13)12-16(14,15)4(9,10)11/h1H,(H,12,13). The minimum atomic E-state index is -6.43. The number of hydrogen-bond donors (Lipinski definition) is 1. The number of halogens is 7. The Kier molecular flexibility index (Phi) is 3.79. The maximum absolute atomic E-state index is 12.1. The molecule has 0 saturated carbocycles. The topological polar surface area (TPSA) is 63.2 Å². The van der Waals surface area contributed by atoms with Crippen molar-refractivity contribution in [3.8, 4) is 0 Å². The summed E-state index contributed by atoms with van der Waals surface area (Å²) in [5.41, 5.74) is -6.05. The van der Waals surface area contributed by atoms with Crippen LogP contribution in [-0.2, 0) is 14.8 Å². The van der Waals surface area contributed by atoms with Crippen molar-refractivity contribution >= 4 is 15.9 Å². The first-order chi connectivity index (χ1) is 6.82. The van der Waals surface area contributed by atoms with Crippen LogP contribution in [0.4, 0.5) is 30.7 Å². The van der Waals surface area contributed by atoms with Crippen LogP contribution in [0.25, 0.3) is 0 Å². The average molecular weight is 277 g/mol. The molecule has 0 bridgehead atoms. The minimum Gasteiger partial charge on any atom is -0.267 e. The van der Waals surface area contributed by atoms with Gasteiger partial charge in [-0.05, 0) is 0 Å². The van der Waals surface area contributed by atoms with E-state index in [0.717, 1.165) is 0 Å². The fourth-order valence-electron chi connectivity index (χ4n) is 0.347. The van der Waals surface area contributed by atoms with Gasteiger partial charge in [0.25, 0.3) is 0 Å².